The molecule has 0 spiro atoms. The first-order valence-electron chi connectivity index (χ1n) is 7.63. The Kier molecular flexibility index (Phi) is 6.33. The van der Waals surface area contributed by atoms with Crippen molar-refractivity contribution in [3.05, 3.63) is 28.8 Å². The number of carbonyl (C=O) groups excluding carboxylic acids is 1. The van der Waals surface area contributed by atoms with E-state index in [1.807, 2.05) is 6.07 Å². The quantitative estimate of drug-likeness (QED) is 0.757. The Morgan fingerprint density at radius 3 is 2.71 bits per heavy atom. The summed E-state index contributed by atoms with van der Waals surface area (Å²) < 4.78 is 0. The van der Waals surface area contributed by atoms with E-state index in [9.17, 15) is 4.79 Å². The molecule has 1 aliphatic rings. The number of nitrogens with one attached hydrogen (secondary N) is 2. The van der Waals surface area contributed by atoms with Crippen molar-refractivity contribution < 1.29 is 9.90 Å². The van der Waals surface area contributed by atoms with Gasteiger partial charge in [-0.1, -0.05) is 30.9 Å². The maximum Gasteiger partial charge on any atom is 0.252 e. The largest absolute Gasteiger partial charge is 0.395 e. The summed E-state index contributed by atoms with van der Waals surface area (Å²) in [5, 5.41) is 15.1. The molecule has 0 atom stereocenters. The molecule has 0 aromatic heterocycles. The Morgan fingerprint density at radius 2 is 2.05 bits per heavy atom. The highest BCUT2D eigenvalue weighted by molar-refractivity contribution is 6.34. The van der Waals surface area contributed by atoms with Crippen molar-refractivity contribution in [1.82, 2.24) is 5.32 Å². The summed E-state index contributed by atoms with van der Waals surface area (Å²) in [4.78, 5) is 11.8. The van der Waals surface area contributed by atoms with Crippen LogP contribution in [0.3, 0.4) is 0 Å². The van der Waals surface area contributed by atoms with Gasteiger partial charge in [-0.25, -0.2) is 0 Å². The van der Waals surface area contributed by atoms with Crippen molar-refractivity contribution in [2.24, 2.45) is 5.92 Å². The highest BCUT2D eigenvalue weighted by Crippen LogP contribution is 2.25. The van der Waals surface area contributed by atoms with Gasteiger partial charge >= 0.3 is 0 Å². The molecule has 0 aliphatic heterocycles. The SMILES string of the molecule is O=C(NCCO)c1ccc(NCC2CCCCC2)cc1Cl. The number of rotatable bonds is 6. The first kappa shape index (κ1) is 16.1. The van der Waals surface area contributed by atoms with E-state index < -0.39 is 0 Å². The Hall–Kier alpha value is -1.26. The minimum Gasteiger partial charge on any atom is -0.395 e. The van der Waals surface area contributed by atoms with Crippen LogP contribution in [0.25, 0.3) is 0 Å². The Bertz CT molecular complexity index is 473. The Balaban J connectivity index is 1.90. The third-order valence-electron chi connectivity index (χ3n) is 3.93. The van der Waals surface area contributed by atoms with Gasteiger partial charge in [-0.05, 0) is 37.0 Å². The molecular formula is C16H23ClN2O2. The number of halogens is 1. The number of aliphatic hydroxyl groups is 1. The second-order valence-electron chi connectivity index (χ2n) is 5.56. The van der Waals surface area contributed by atoms with E-state index in [1.165, 1.54) is 32.1 Å². The van der Waals surface area contributed by atoms with Crippen molar-refractivity contribution in [3.8, 4) is 0 Å². The van der Waals surface area contributed by atoms with Crippen LogP contribution in [0, 0.1) is 5.92 Å². The van der Waals surface area contributed by atoms with Gasteiger partial charge in [0.25, 0.3) is 5.91 Å². The van der Waals surface area contributed by atoms with Crippen LogP contribution in [0.2, 0.25) is 5.02 Å². The van der Waals surface area contributed by atoms with Crippen molar-refractivity contribution in [3.63, 3.8) is 0 Å². The van der Waals surface area contributed by atoms with Crippen LogP contribution in [0.1, 0.15) is 42.5 Å². The predicted molar refractivity (Wildman–Crippen MR) is 85.9 cm³/mol. The van der Waals surface area contributed by atoms with Crippen LogP contribution >= 0.6 is 11.6 Å². The van der Waals surface area contributed by atoms with Gasteiger partial charge in [0.1, 0.15) is 0 Å². The van der Waals surface area contributed by atoms with Crippen molar-refractivity contribution in [2.75, 3.05) is 25.0 Å². The predicted octanol–water partition coefficient (Wildman–Crippen LogP) is 3.05. The van der Waals surface area contributed by atoms with Crippen LogP contribution < -0.4 is 10.6 Å². The van der Waals surface area contributed by atoms with Crippen molar-refractivity contribution in [1.29, 1.82) is 0 Å². The number of aliphatic hydroxyl groups excluding tert-OH is 1. The molecule has 0 radical (unpaired) electrons. The summed E-state index contributed by atoms with van der Waals surface area (Å²) in [5.41, 5.74) is 1.39. The summed E-state index contributed by atoms with van der Waals surface area (Å²) in [6.45, 7) is 1.12. The van der Waals surface area contributed by atoms with Gasteiger partial charge in [0.15, 0.2) is 0 Å². The second-order valence-corrected chi connectivity index (χ2v) is 5.97. The molecule has 4 nitrogen and oxygen atoms in total. The van der Waals surface area contributed by atoms with Crippen molar-refractivity contribution >= 4 is 23.2 Å². The normalized spacial score (nSPS) is 15.7. The highest BCUT2D eigenvalue weighted by atomic mass is 35.5. The van der Waals surface area contributed by atoms with Crippen LogP contribution in [-0.2, 0) is 0 Å². The van der Waals surface area contributed by atoms with Gasteiger partial charge in [0.2, 0.25) is 0 Å². The summed E-state index contributed by atoms with van der Waals surface area (Å²) in [5.74, 6) is 0.484. The zero-order chi connectivity index (χ0) is 15.1. The van der Waals surface area contributed by atoms with Gasteiger partial charge in [-0.15, -0.1) is 0 Å². The van der Waals surface area contributed by atoms with E-state index in [2.05, 4.69) is 10.6 Å². The van der Waals surface area contributed by atoms with Crippen LogP contribution in [0.5, 0.6) is 0 Å². The number of hydrogen-bond acceptors (Lipinski definition) is 3. The zero-order valence-electron chi connectivity index (χ0n) is 12.2. The third kappa shape index (κ3) is 4.90. The van der Waals surface area contributed by atoms with Crippen LogP contribution in [-0.4, -0.2) is 30.7 Å². The molecule has 0 heterocycles. The minimum atomic E-state index is -0.257. The van der Waals surface area contributed by atoms with E-state index in [-0.39, 0.29) is 19.1 Å². The number of amides is 1. The fourth-order valence-electron chi connectivity index (χ4n) is 2.73. The number of benzene rings is 1. The zero-order valence-corrected chi connectivity index (χ0v) is 13.0. The molecule has 21 heavy (non-hydrogen) atoms. The minimum absolute atomic E-state index is 0.0790. The molecule has 3 N–H and O–H groups in total. The first-order chi connectivity index (χ1) is 10.2. The maximum absolute atomic E-state index is 11.8. The molecule has 1 aromatic rings. The molecule has 116 valence electrons. The first-order valence-corrected chi connectivity index (χ1v) is 8.01. The summed E-state index contributed by atoms with van der Waals surface area (Å²) in [6, 6.07) is 5.39. The summed E-state index contributed by atoms with van der Waals surface area (Å²) in [6.07, 6.45) is 6.61. The molecule has 0 saturated heterocycles. The molecule has 2 rings (SSSR count). The Morgan fingerprint density at radius 1 is 1.29 bits per heavy atom. The molecule has 1 aliphatic carbocycles. The monoisotopic (exact) mass is 310 g/mol. The van der Waals surface area contributed by atoms with Gasteiger partial charge < -0.3 is 15.7 Å². The molecule has 0 bridgehead atoms. The molecule has 1 amide bonds. The van der Waals surface area contributed by atoms with Gasteiger partial charge in [-0.3, -0.25) is 4.79 Å². The standard InChI is InChI=1S/C16H23ClN2O2/c17-15-10-13(19-11-12-4-2-1-3-5-12)6-7-14(15)16(21)18-8-9-20/h6-7,10,12,19-20H,1-5,8-9,11H2,(H,18,21). The molecule has 0 unspecified atom stereocenters. The van der Waals surface area contributed by atoms with E-state index >= 15 is 0 Å². The lowest BCUT2D eigenvalue weighted by atomic mass is 9.89. The van der Waals surface area contributed by atoms with Crippen LogP contribution in [0.15, 0.2) is 18.2 Å². The average molecular weight is 311 g/mol. The maximum atomic E-state index is 11.8. The van der Waals surface area contributed by atoms with E-state index in [0.29, 0.717) is 10.6 Å². The lowest BCUT2D eigenvalue weighted by Crippen LogP contribution is -2.26. The van der Waals surface area contributed by atoms with Crippen LogP contribution in [0.4, 0.5) is 5.69 Å². The molecule has 1 saturated carbocycles. The van der Waals surface area contributed by atoms with Gasteiger partial charge in [-0.2, -0.15) is 0 Å². The smallest absolute Gasteiger partial charge is 0.252 e. The number of anilines is 1. The number of hydrogen-bond donors (Lipinski definition) is 3. The Labute approximate surface area is 130 Å². The van der Waals surface area contributed by atoms with E-state index in [4.69, 9.17) is 16.7 Å². The van der Waals surface area contributed by atoms with Gasteiger partial charge in [0, 0.05) is 18.8 Å². The third-order valence-corrected chi connectivity index (χ3v) is 4.24. The fourth-order valence-corrected chi connectivity index (χ4v) is 2.99. The topological polar surface area (TPSA) is 61.4 Å². The highest BCUT2D eigenvalue weighted by Gasteiger charge is 2.14. The molecule has 5 heteroatoms. The molecule has 1 aromatic carbocycles. The van der Waals surface area contributed by atoms with E-state index in [0.717, 1.165) is 18.2 Å². The molecular weight excluding hydrogens is 288 g/mol. The van der Waals surface area contributed by atoms with Gasteiger partial charge in [0.05, 0.1) is 17.2 Å². The summed E-state index contributed by atoms with van der Waals surface area (Å²) in [7, 11) is 0. The number of carbonyl (C=O) groups is 1. The van der Waals surface area contributed by atoms with Crippen molar-refractivity contribution in [2.45, 2.75) is 32.1 Å². The lowest BCUT2D eigenvalue weighted by molar-refractivity contribution is 0.0945. The fraction of sp³-hybridized carbons (Fsp3) is 0.562. The lowest BCUT2D eigenvalue weighted by Gasteiger charge is -2.22. The average Bonchev–Trinajstić information content (AvgIpc) is 2.51. The van der Waals surface area contributed by atoms with E-state index in [1.54, 1.807) is 12.1 Å². The second kappa shape index (κ2) is 8.25. The summed E-state index contributed by atoms with van der Waals surface area (Å²) >= 11 is 6.16. The molecule has 1 fully saturated rings.